The Kier molecular flexibility index (Phi) is 4.43. The summed E-state index contributed by atoms with van der Waals surface area (Å²) < 4.78 is 0. The molecule has 0 amide bonds. The molecule has 0 aliphatic rings. The van der Waals surface area contributed by atoms with Crippen LogP contribution in [0.5, 0.6) is 0 Å². The predicted octanol–water partition coefficient (Wildman–Crippen LogP) is 5.91. The van der Waals surface area contributed by atoms with Crippen LogP contribution in [0.4, 0.5) is 0 Å². The van der Waals surface area contributed by atoms with E-state index in [9.17, 15) is 0 Å². The van der Waals surface area contributed by atoms with Gasteiger partial charge in [0.05, 0.1) is 11.0 Å². The molecule has 0 aliphatic carbocycles. The Morgan fingerprint density at radius 1 is 0.800 bits per heavy atom. The summed E-state index contributed by atoms with van der Waals surface area (Å²) in [6, 6.07) is 21.2. The van der Waals surface area contributed by atoms with Gasteiger partial charge in [-0.05, 0) is 60.6 Å². The van der Waals surface area contributed by atoms with E-state index in [1.807, 2.05) is 18.3 Å². The fraction of sp³-hybridized carbons (Fsp3) is 0.217. The Morgan fingerprint density at radius 2 is 1.44 bits per heavy atom. The summed E-state index contributed by atoms with van der Waals surface area (Å²) in [5.74, 6) is 0.531. The lowest BCUT2D eigenvalue weighted by Crippen LogP contribution is -2.01. The molecule has 1 unspecified atom stereocenters. The van der Waals surface area contributed by atoms with Crippen molar-refractivity contribution < 1.29 is 0 Å². The Bertz CT molecular complexity index is 1010. The number of aromatic nitrogens is 2. The zero-order valence-electron chi connectivity index (χ0n) is 14.5. The number of nitrogens with zero attached hydrogens (tertiary/aromatic N) is 2. The molecule has 0 N–H and O–H groups in total. The monoisotopic (exact) mass is 326 g/mol. The normalized spacial score (nSPS) is 12.5. The van der Waals surface area contributed by atoms with E-state index >= 15 is 0 Å². The number of para-hydroxylation sites is 2. The molecule has 2 heteroatoms. The Labute approximate surface area is 148 Å². The van der Waals surface area contributed by atoms with E-state index in [0.717, 1.165) is 30.3 Å². The van der Waals surface area contributed by atoms with Crippen molar-refractivity contribution in [3.63, 3.8) is 0 Å². The highest BCUT2D eigenvalue weighted by atomic mass is 14.7. The van der Waals surface area contributed by atoms with Crippen LogP contribution in [-0.2, 0) is 6.42 Å². The first-order chi connectivity index (χ1) is 12.3. The fourth-order valence-corrected chi connectivity index (χ4v) is 3.51. The molecule has 4 rings (SSSR count). The van der Waals surface area contributed by atoms with Gasteiger partial charge in [0, 0.05) is 23.2 Å². The average Bonchev–Trinajstić information content (AvgIpc) is 2.68. The van der Waals surface area contributed by atoms with Crippen LogP contribution in [0, 0.1) is 0 Å². The van der Waals surface area contributed by atoms with Crippen LogP contribution in [0.1, 0.15) is 36.8 Å². The Morgan fingerprint density at radius 3 is 2.16 bits per heavy atom. The summed E-state index contributed by atoms with van der Waals surface area (Å²) in [4.78, 5) is 9.22. The van der Waals surface area contributed by atoms with E-state index in [1.165, 1.54) is 21.9 Å². The van der Waals surface area contributed by atoms with Crippen LogP contribution >= 0.6 is 0 Å². The second-order valence-electron chi connectivity index (χ2n) is 6.64. The number of benzene rings is 2. The quantitative estimate of drug-likeness (QED) is 0.455. The third-order valence-corrected chi connectivity index (χ3v) is 5.00. The molecule has 2 aromatic heterocycles. The second-order valence-corrected chi connectivity index (χ2v) is 6.64. The number of aryl methyl sites for hydroxylation is 1. The maximum atomic E-state index is 4.63. The van der Waals surface area contributed by atoms with Gasteiger partial charge in [0.2, 0.25) is 0 Å². The van der Waals surface area contributed by atoms with Crippen LogP contribution in [0.15, 0.2) is 73.1 Å². The average molecular weight is 326 g/mol. The third kappa shape index (κ3) is 3.39. The third-order valence-electron chi connectivity index (χ3n) is 5.00. The number of pyridine rings is 2. The van der Waals surface area contributed by atoms with Crippen LogP contribution < -0.4 is 0 Å². The highest BCUT2D eigenvalue weighted by Crippen LogP contribution is 2.27. The second kappa shape index (κ2) is 7.02. The van der Waals surface area contributed by atoms with Crippen LogP contribution in [-0.4, -0.2) is 9.97 Å². The van der Waals surface area contributed by atoms with Crippen LogP contribution in [0.3, 0.4) is 0 Å². The molecule has 0 bridgehead atoms. The van der Waals surface area contributed by atoms with Gasteiger partial charge in [-0.1, -0.05) is 43.3 Å². The summed E-state index contributed by atoms with van der Waals surface area (Å²) in [5.41, 5.74) is 4.79. The van der Waals surface area contributed by atoms with Crippen molar-refractivity contribution in [3.8, 4) is 0 Å². The predicted molar refractivity (Wildman–Crippen MR) is 105 cm³/mol. The van der Waals surface area contributed by atoms with Crippen LogP contribution in [0.2, 0.25) is 0 Å². The highest BCUT2D eigenvalue weighted by molar-refractivity contribution is 5.79. The Hall–Kier alpha value is -2.74. The number of hydrogen-bond acceptors (Lipinski definition) is 2. The topological polar surface area (TPSA) is 25.8 Å². The number of hydrogen-bond donors (Lipinski definition) is 0. The molecule has 2 aromatic carbocycles. The van der Waals surface area contributed by atoms with Crippen LogP contribution in [0.25, 0.3) is 21.8 Å². The minimum Gasteiger partial charge on any atom is -0.256 e. The lowest BCUT2D eigenvalue weighted by molar-refractivity contribution is 0.604. The van der Waals surface area contributed by atoms with Gasteiger partial charge < -0.3 is 0 Å². The molecule has 124 valence electrons. The number of rotatable bonds is 5. The highest BCUT2D eigenvalue weighted by Gasteiger charge is 2.11. The molecular formula is C23H22N2. The molecule has 2 nitrogen and oxygen atoms in total. The van der Waals surface area contributed by atoms with Gasteiger partial charge in [-0.3, -0.25) is 9.97 Å². The van der Waals surface area contributed by atoms with Gasteiger partial charge in [-0.2, -0.15) is 0 Å². The molecule has 0 radical (unpaired) electrons. The van der Waals surface area contributed by atoms with Crippen molar-refractivity contribution in [2.45, 2.75) is 32.1 Å². The first kappa shape index (κ1) is 15.8. The summed E-state index contributed by atoms with van der Waals surface area (Å²) in [7, 11) is 0. The van der Waals surface area contributed by atoms with Gasteiger partial charge in [0.1, 0.15) is 0 Å². The zero-order chi connectivity index (χ0) is 17.1. The van der Waals surface area contributed by atoms with Crippen molar-refractivity contribution >= 4 is 21.8 Å². The molecule has 0 aliphatic heterocycles. The lowest BCUT2D eigenvalue weighted by atomic mass is 9.90. The minimum atomic E-state index is 0.531. The summed E-state index contributed by atoms with van der Waals surface area (Å²) >= 11 is 0. The summed E-state index contributed by atoms with van der Waals surface area (Å²) in [6.45, 7) is 2.26. The van der Waals surface area contributed by atoms with Gasteiger partial charge in [0.15, 0.2) is 0 Å². The number of fused-ring (bicyclic) bond motifs is 2. The van der Waals surface area contributed by atoms with E-state index in [-0.39, 0.29) is 0 Å². The first-order valence-electron chi connectivity index (χ1n) is 9.02. The summed E-state index contributed by atoms with van der Waals surface area (Å²) in [6.07, 6.45) is 7.36. The molecule has 0 saturated heterocycles. The van der Waals surface area contributed by atoms with Crippen molar-refractivity contribution in [2.24, 2.45) is 0 Å². The van der Waals surface area contributed by atoms with E-state index in [4.69, 9.17) is 0 Å². The first-order valence-corrected chi connectivity index (χ1v) is 9.02. The maximum Gasteiger partial charge on any atom is 0.0702 e. The maximum absolute atomic E-state index is 4.63. The fourth-order valence-electron chi connectivity index (χ4n) is 3.51. The van der Waals surface area contributed by atoms with Crippen molar-refractivity contribution in [3.05, 3.63) is 84.2 Å². The van der Waals surface area contributed by atoms with Crippen molar-refractivity contribution in [1.29, 1.82) is 0 Å². The molecular weight excluding hydrogens is 304 g/mol. The molecule has 2 heterocycles. The largest absolute Gasteiger partial charge is 0.256 e. The van der Waals surface area contributed by atoms with Crippen molar-refractivity contribution in [2.75, 3.05) is 0 Å². The van der Waals surface area contributed by atoms with Crippen molar-refractivity contribution in [1.82, 2.24) is 9.97 Å². The molecule has 0 saturated carbocycles. The molecule has 25 heavy (non-hydrogen) atoms. The molecule has 4 aromatic rings. The van der Waals surface area contributed by atoms with E-state index in [1.54, 1.807) is 0 Å². The SMILES string of the molecule is CCC(CCc1cnc2ccccc2c1)c1cnc2ccccc2c1. The molecule has 1 atom stereocenters. The molecule has 0 fully saturated rings. The minimum absolute atomic E-state index is 0.531. The zero-order valence-corrected chi connectivity index (χ0v) is 14.5. The van der Waals surface area contributed by atoms with Gasteiger partial charge in [0.25, 0.3) is 0 Å². The van der Waals surface area contributed by atoms with E-state index in [0.29, 0.717) is 5.92 Å². The molecule has 0 spiro atoms. The smallest absolute Gasteiger partial charge is 0.0702 e. The van der Waals surface area contributed by atoms with Gasteiger partial charge in [-0.25, -0.2) is 0 Å². The Balaban J connectivity index is 1.54. The van der Waals surface area contributed by atoms with E-state index in [2.05, 4.69) is 71.6 Å². The summed E-state index contributed by atoms with van der Waals surface area (Å²) in [5, 5.41) is 2.45. The lowest BCUT2D eigenvalue weighted by Gasteiger charge is -2.16. The standard InChI is InChI=1S/C23H22N2/c1-2-18(21-14-20-8-4-6-10-23(20)25-16-21)12-11-17-13-19-7-3-5-9-22(19)24-15-17/h3-10,13-16,18H,2,11-12H2,1H3. The van der Waals surface area contributed by atoms with Gasteiger partial charge in [-0.15, -0.1) is 0 Å². The van der Waals surface area contributed by atoms with E-state index < -0.39 is 0 Å². The van der Waals surface area contributed by atoms with Gasteiger partial charge >= 0.3 is 0 Å².